The summed E-state index contributed by atoms with van der Waals surface area (Å²) in [5.41, 5.74) is 1.24. The molecular weight excluding hydrogens is 242 g/mol. The maximum Gasteiger partial charge on any atom is 0.264 e. The predicted molar refractivity (Wildman–Crippen MR) is 71.8 cm³/mol. The molecule has 0 spiro atoms. The topological polar surface area (TPSA) is 60.2 Å². The lowest BCUT2D eigenvalue weighted by molar-refractivity contribution is 0.242. The van der Waals surface area contributed by atoms with Crippen LogP contribution >= 0.6 is 0 Å². The zero-order valence-electron chi connectivity index (χ0n) is 11.3. The van der Waals surface area contributed by atoms with E-state index in [9.17, 15) is 0 Å². The minimum absolute atomic E-state index is 0.305. The Morgan fingerprint density at radius 2 is 2.00 bits per heavy atom. The Balaban J connectivity index is 1.85. The fourth-order valence-corrected chi connectivity index (χ4v) is 1.61. The summed E-state index contributed by atoms with van der Waals surface area (Å²) in [6.07, 6.45) is 0.766. The van der Waals surface area contributed by atoms with Crippen molar-refractivity contribution in [2.24, 2.45) is 0 Å². The quantitative estimate of drug-likeness (QED) is 0.828. The third kappa shape index (κ3) is 4.06. The molecule has 0 amide bonds. The Labute approximate surface area is 113 Å². The number of rotatable bonds is 7. The number of nitrogens with zero attached hydrogens (tertiary/aromatic N) is 2. The van der Waals surface area contributed by atoms with Crippen LogP contribution in [-0.4, -0.2) is 16.7 Å². The van der Waals surface area contributed by atoms with Crippen LogP contribution in [0.4, 0.5) is 0 Å². The maximum atomic E-state index is 5.59. The van der Waals surface area contributed by atoms with Gasteiger partial charge in [0, 0.05) is 13.0 Å². The Morgan fingerprint density at radius 3 is 2.63 bits per heavy atom. The SMILES string of the molecule is CCNCc1ccc(OCc2nc(CC)no2)cc1. The molecule has 102 valence electrons. The molecule has 5 heteroatoms. The molecule has 0 aliphatic carbocycles. The molecule has 1 aromatic carbocycles. The first kappa shape index (κ1) is 13.5. The van der Waals surface area contributed by atoms with Crippen molar-refractivity contribution in [1.29, 1.82) is 0 Å². The summed E-state index contributed by atoms with van der Waals surface area (Å²) >= 11 is 0. The van der Waals surface area contributed by atoms with Gasteiger partial charge in [0.2, 0.25) is 0 Å². The second-order valence-electron chi connectivity index (χ2n) is 4.17. The molecule has 2 rings (SSSR count). The van der Waals surface area contributed by atoms with E-state index in [-0.39, 0.29) is 0 Å². The van der Waals surface area contributed by atoms with E-state index in [1.54, 1.807) is 0 Å². The average molecular weight is 261 g/mol. The van der Waals surface area contributed by atoms with Crippen molar-refractivity contribution < 1.29 is 9.26 Å². The van der Waals surface area contributed by atoms with E-state index in [0.717, 1.165) is 25.3 Å². The van der Waals surface area contributed by atoms with Gasteiger partial charge in [-0.2, -0.15) is 4.98 Å². The molecule has 0 atom stereocenters. The molecule has 0 saturated heterocycles. The number of hydrogen-bond acceptors (Lipinski definition) is 5. The van der Waals surface area contributed by atoms with E-state index in [4.69, 9.17) is 9.26 Å². The van der Waals surface area contributed by atoms with Crippen LogP contribution in [0.3, 0.4) is 0 Å². The van der Waals surface area contributed by atoms with Gasteiger partial charge in [-0.25, -0.2) is 0 Å². The zero-order chi connectivity index (χ0) is 13.5. The van der Waals surface area contributed by atoms with Crippen molar-refractivity contribution in [3.63, 3.8) is 0 Å². The third-order valence-corrected chi connectivity index (χ3v) is 2.69. The molecule has 0 saturated carbocycles. The number of nitrogens with one attached hydrogen (secondary N) is 1. The van der Waals surface area contributed by atoms with Gasteiger partial charge in [0.25, 0.3) is 5.89 Å². The van der Waals surface area contributed by atoms with Crippen LogP contribution in [0.5, 0.6) is 5.75 Å². The van der Waals surface area contributed by atoms with Crippen LogP contribution in [0.1, 0.15) is 31.1 Å². The van der Waals surface area contributed by atoms with Gasteiger partial charge >= 0.3 is 0 Å². The lowest BCUT2D eigenvalue weighted by Gasteiger charge is -2.05. The number of aryl methyl sites for hydroxylation is 1. The molecule has 0 fully saturated rings. The fraction of sp³-hybridized carbons (Fsp3) is 0.429. The normalized spacial score (nSPS) is 10.6. The van der Waals surface area contributed by atoms with Crippen LogP contribution in [0.25, 0.3) is 0 Å². The zero-order valence-corrected chi connectivity index (χ0v) is 11.3. The molecule has 0 unspecified atom stereocenters. The maximum absolute atomic E-state index is 5.59. The number of benzene rings is 1. The third-order valence-electron chi connectivity index (χ3n) is 2.69. The summed E-state index contributed by atoms with van der Waals surface area (Å²) in [4.78, 5) is 4.19. The predicted octanol–water partition coefficient (Wildman–Crippen LogP) is 2.32. The molecule has 1 aromatic heterocycles. The lowest BCUT2D eigenvalue weighted by Crippen LogP contribution is -2.11. The van der Waals surface area contributed by atoms with Gasteiger partial charge in [-0.05, 0) is 24.2 Å². The van der Waals surface area contributed by atoms with Gasteiger partial charge in [0.05, 0.1) is 0 Å². The van der Waals surface area contributed by atoms with E-state index in [0.29, 0.717) is 18.3 Å². The summed E-state index contributed by atoms with van der Waals surface area (Å²) in [6.45, 7) is 6.22. The Morgan fingerprint density at radius 1 is 1.21 bits per heavy atom. The van der Waals surface area contributed by atoms with Crippen LogP contribution in [0, 0.1) is 0 Å². The van der Waals surface area contributed by atoms with Crippen molar-refractivity contribution >= 4 is 0 Å². The Kier molecular flexibility index (Phi) is 4.92. The smallest absolute Gasteiger partial charge is 0.264 e. The second kappa shape index (κ2) is 6.89. The summed E-state index contributed by atoms with van der Waals surface area (Å²) in [5.74, 6) is 2.02. The van der Waals surface area contributed by atoms with Crippen LogP contribution in [-0.2, 0) is 19.6 Å². The van der Waals surface area contributed by atoms with Gasteiger partial charge in [0.15, 0.2) is 12.4 Å². The highest BCUT2D eigenvalue weighted by Gasteiger charge is 2.05. The van der Waals surface area contributed by atoms with Crippen molar-refractivity contribution in [1.82, 2.24) is 15.5 Å². The minimum Gasteiger partial charge on any atom is -0.484 e. The van der Waals surface area contributed by atoms with Crippen molar-refractivity contribution in [3.8, 4) is 5.75 Å². The number of hydrogen-bond donors (Lipinski definition) is 1. The van der Waals surface area contributed by atoms with Crippen LogP contribution in [0.15, 0.2) is 28.8 Å². The van der Waals surface area contributed by atoms with E-state index in [1.807, 2.05) is 31.2 Å². The second-order valence-corrected chi connectivity index (χ2v) is 4.17. The van der Waals surface area contributed by atoms with E-state index in [2.05, 4.69) is 22.4 Å². The van der Waals surface area contributed by atoms with Gasteiger partial charge in [0.1, 0.15) is 5.75 Å². The summed E-state index contributed by atoms with van der Waals surface area (Å²) in [6, 6.07) is 7.99. The molecule has 0 aliphatic heterocycles. The van der Waals surface area contributed by atoms with Crippen LogP contribution in [0.2, 0.25) is 0 Å². The molecule has 0 radical (unpaired) electrons. The largest absolute Gasteiger partial charge is 0.484 e. The Bertz CT molecular complexity index is 494. The standard InChI is InChI=1S/C14H19N3O2/c1-3-13-16-14(19-17-13)10-18-12-7-5-11(6-8-12)9-15-4-2/h5-8,15H,3-4,9-10H2,1-2H3. The first-order valence-corrected chi connectivity index (χ1v) is 6.55. The van der Waals surface area contributed by atoms with Crippen molar-refractivity contribution in [2.75, 3.05) is 6.54 Å². The first-order chi connectivity index (χ1) is 9.31. The van der Waals surface area contributed by atoms with Gasteiger partial charge in [-0.15, -0.1) is 0 Å². The Hall–Kier alpha value is -1.88. The number of aromatic nitrogens is 2. The highest BCUT2D eigenvalue weighted by molar-refractivity contribution is 5.27. The molecule has 0 bridgehead atoms. The van der Waals surface area contributed by atoms with Crippen molar-refractivity contribution in [2.45, 2.75) is 33.4 Å². The number of ether oxygens (including phenoxy) is 1. The molecule has 2 aromatic rings. The molecule has 1 N–H and O–H groups in total. The highest BCUT2D eigenvalue weighted by Crippen LogP contribution is 2.13. The van der Waals surface area contributed by atoms with Crippen molar-refractivity contribution in [3.05, 3.63) is 41.5 Å². The van der Waals surface area contributed by atoms with Crippen LogP contribution < -0.4 is 10.1 Å². The fourth-order valence-electron chi connectivity index (χ4n) is 1.61. The minimum atomic E-state index is 0.305. The van der Waals surface area contributed by atoms with E-state index >= 15 is 0 Å². The average Bonchev–Trinajstić information content (AvgIpc) is 2.92. The summed E-state index contributed by atoms with van der Waals surface area (Å²) < 4.78 is 10.7. The molecular formula is C14H19N3O2. The molecule has 0 aliphatic rings. The molecule has 19 heavy (non-hydrogen) atoms. The van der Waals surface area contributed by atoms with E-state index < -0.39 is 0 Å². The highest BCUT2D eigenvalue weighted by atomic mass is 16.5. The molecule has 5 nitrogen and oxygen atoms in total. The monoisotopic (exact) mass is 261 g/mol. The lowest BCUT2D eigenvalue weighted by atomic mass is 10.2. The summed E-state index contributed by atoms with van der Waals surface area (Å²) in [7, 11) is 0. The summed E-state index contributed by atoms with van der Waals surface area (Å²) in [5, 5.41) is 7.10. The first-order valence-electron chi connectivity index (χ1n) is 6.55. The van der Waals surface area contributed by atoms with Gasteiger partial charge in [-0.3, -0.25) is 0 Å². The molecule has 1 heterocycles. The van der Waals surface area contributed by atoms with Gasteiger partial charge in [-0.1, -0.05) is 31.1 Å². The van der Waals surface area contributed by atoms with Gasteiger partial charge < -0.3 is 14.6 Å². The van der Waals surface area contributed by atoms with E-state index in [1.165, 1.54) is 5.56 Å².